The summed E-state index contributed by atoms with van der Waals surface area (Å²) in [4.78, 5) is 12.3. The summed E-state index contributed by atoms with van der Waals surface area (Å²) >= 11 is 5.91. The van der Waals surface area contributed by atoms with E-state index in [1.807, 2.05) is 31.2 Å². The van der Waals surface area contributed by atoms with Gasteiger partial charge in [0, 0.05) is 0 Å². The van der Waals surface area contributed by atoms with E-state index in [1.165, 1.54) is 5.56 Å². The van der Waals surface area contributed by atoms with Gasteiger partial charge in [-0.25, -0.2) is 4.79 Å². The molecule has 0 fully saturated rings. The van der Waals surface area contributed by atoms with Crippen molar-refractivity contribution in [2.75, 3.05) is 5.32 Å². The maximum Gasteiger partial charge on any atom is 0.416 e. The van der Waals surface area contributed by atoms with Gasteiger partial charge in [0.05, 0.1) is 22.3 Å². The van der Waals surface area contributed by atoms with Gasteiger partial charge < -0.3 is 10.6 Å². The number of hydrogen-bond acceptors (Lipinski definition) is 1. The summed E-state index contributed by atoms with van der Waals surface area (Å²) in [6, 6.07) is 9.82. The third-order valence-corrected chi connectivity index (χ3v) is 4.59. The van der Waals surface area contributed by atoms with E-state index in [0.29, 0.717) is 12.3 Å². The Hall–Kier alpha value is -2.21. The third kappa shape index (κ3) is 5.63. The molecular weight excluding hydrogens is 377 g/mol. The standard InChI is InChI=1S/C20H22ClF3N2O/c1-4-17(14-7-5-13(6-8-14)12(2)3)25-19(27)26-18-11-15(20(22,23)24)9-10-16(18)21/h5-12,17H,4H2,1-3H3,(H2,25,26,27). The topological polar surface area (TPSA) is 41.1 Å². The second-order valence-corrected chi connectivity index (χ2v) is 6.98. The fourth-order valence-corrected chi connectivity index (χ4v) is 2.81. The lowest BCUT2D eigenvalue weighted by atomic mass is 9.98. The van der Waals surface area contributed by atoms with Gasteiger partial charge in [-0.15, -0.1) is 0 Å². The van der Waals surface area contributed by atoms with Gasteiger partial charge in [0.25, 0.3) is 0 Å². The van der Waals surface area contributed by atoms with Crippen LogP contribution in [0.25, 0.3) is 0 Å². The molecule has 2 amide bonds. The van der Waals surface area contributed by atoms with Crippen molar-refractivity contribution in [2.24, 2.45) is 0 Å². The largest absolute Gasteiger partial charge is 0.416 e. The van der Waals surface area contributed by atoms with E-state index in [2.05, 4.69) is 24.5 Å². The van der Waals surface area contributed by atoms with Crippen LogP contribution in [0.4, 0.5) is 23.7 Å². The van der Waals surface area contributed by atoms with E-state index in [-0.39, 0.29) is 16.8 Å². The van der Waals surface area contributed by atoms with E-state index in [9.17, 15) is 18.0 Å². The highest BCUT2D eigenvalue weighted by molar-refractivity contribution is 6.33. The monoisotopic (exact) mass is 398 g/mol. The number of halogens is 4. The Kier molecular flexibility index (Phi) is 6.76. The molecule has 7 heteroatoms. The van der Waals surface area contributed by atoms with Crippen LogP contribution in [-0.2, 0) is 6.18 Å². The van der Waals surface area contributed by atoms with Gasteiger partial charge in [-0.3, -0.25) is 0 Å². The van der Waals surface area contributed by atoms with Crippen molar-refractivity contribution in [1.29, 1.82) is 0 Å². The molecular formula is C20H22ClF3N2O. The first-order valence-corrected chi connectivity index (χ1v) is 9.03. The Morgan fingerprint density at radius 3 is 2.19 bits per heavy atom. The second kappa shape index (κ2) is 8.65. The smallest absolute Gasteiger partial charge is 0.331 e. The van der Waals surface area contributed by atoms with Crippen LogP contribution in [0.1, 0.15) is 55.8 Å². The number of benzene rings is 2. The van der Waals surface area contributed by atoms with Crippen LogP contribution in [0.3, 0.4) is 0 Å². The minimum atomic E-state index is -4.51. The average Bonchev–Trinajstić information content (AvgIpc) is 2.60. The first-order chi connectivity index (χ1) is 12.6. The molecule has 0 aromatic heterocycles. The summed E-state index contributed by atoms with van der Waals surface area (Å²) in [5.74, 6) is 0.401. The van der Waals surface area contributed by atoms with E-state index in [0.717, 1.165) is 23.8 Å². The average molecular weight is 399 g/mol. The highest BCUT2D eigenvalue weighted by atomic mass is 35.5. The van der Waals surface area contributed by atoms with E-state index in [1.54, 1.807) is 0 Å². The van der Waals surface area contributed by atoms with Crippen LogP contribution in [0.5, 0.6) is 0 Å². The molecule has 2 aromatic rings. The Morgan fingerprint density at radius 1 is 1.07 bits per heavy atom. The van der Waals surface area contributed by atoms with E-state index < -0.39 is 17.8 Å². The molecule has 0 saturated carbocycles. The van der Waals surface area contributed by atoms with Gasteiger partial charge in [0.2, 0.25) is 0 Å². The summed E-state index contributed by atoms with van der Waals surface area (Å²) in [5, 5.41) is 5.22. The Labute approximate surface area is 161 Å². The quantitative estimate of drug-likeness (QED) is 0.574. The van der Waals surface area contributed by atoms with Crippen molar-refractivity contribution < 1.29 is 18.0 Å². The summed E-state index contributed by atoms with van der Waals surface area (Å²) in [6.45, 7) is 6.10. The summed E-state index contributed by atoms with van der Waals surface area (Å²) in [7, 11) is 0. The molecule has 0 aliphatic rings. The molecule has 0 saturated heterocycles. The fourth-order valence-electron chi connectivity index (χ4n) is 2.65. The molecule has 1 atom stereocenters. The lowest BCUT2D eigenvalue weighted by molar-refractivity contribution is -0.137. The number of rotatable bonds is 5. The van der Waals surface area contributed by atoms with Crippen LogP contribution < -0.4 is 10.6 Å². The number of urea groups is 1. The number of carbonyl (C=O) groups excluding carboxylic acids is 1. The minimum absolute atomic E-state index is 0.0347. The van der Waals surface area contributed by atoms with Crippen LogP contribution >= 0.6 is 11.6 Å². The Balaban J connectivity index is 2.11. The van der Waals surface area contributed by atoms with Crippen molar-refractivity contribution in [2.45, 2.75) is 45.3 Å². The molecule has 0 bridgehead atoms. The normalized spacial score (nSPS) is 12.7. The first-order valence-electron chi connectivity index (χ1n) is 8.66. The predicted molar refractivity (Wildman–Crippen MR) is 102 cm³/mol. The Bertz CT molecular complexity index is 789. The molecule has 0 spiro atoms. The zero-order chi connectivity index (χ0) is 20.2. The van der Waals surface area contributed by atoms with E-state index in [4.69, 9.17) is 11.6 Å². The van der Waals surface area contributed by atoms with Gasteiger partial charge in [-0.2, -0.15) is 13.2 Å². The molecule has 0 aliphatic carbocycles. The maximum absolute atomic E-state index is 12.8. The summed E-state index contributed by atoms with van der Waals surface area (Å²) < 4.78 is 38.5. The van der Waals surface area contributed by atoms with Gasteiger partial charge in [0.1, 0.15) is 0 Å². The molecule has 146 valence electrons. The van der Waals surface area contributed by atoms with Gasteiger partial charge >= 0.3 is 12.2 Å². The molecule has 27 heavy (non-hydrogen) atoms. The third-order valence-electron chi connectivity index (χ3n) is 4.26. The van der Waals surface area contributed by atoms with Crippen LogP contribution in [0.15, 0.2) is 42.5 Å². The van der Waals surface area contributed by atoms with Crippen molar-refractivity contribution in [1.82, 2.24) is 5.32 Å². The van der Waals surface area contributed by atoms with Crippen LogP contribution in [-0.4, -0.2) is 6.03 Å². The first kappa shape index (κ1) is 21.1. The lowest BCUT2D eigenvalue weighted by Crippen LogP contribution is -2.32. The van der Waals surface area contributed by atoms with E-state index >= 15 is 0 Å². The number of hydrogen-bond donors (Lipinski definition) is 2. The summed E-state index contributed by atoms with van der Waals surface area (Å²) in [5.41, 5.74) is 1.15. The fraction of sp³-hybridized carbons (Fsp3) is 0.350. The molecule has 0 heterocycles. The van der Waals surface area contributed by atoms with Crippen LogP contribution in [0.2, 0.25) is 5.02 Å². The van der Waals surface area contributed by atoms with Crippen molar-refractivity contribution in [3.05, 3.63) is 64.2 Å². The molecule has 2 N–H and O–H groups in total. The molecule has 0 radical (unpaired) electrons. The Morgan fingerprint density at radius 2 is 1.67 bits per heavy atom. The highest BCUT2D eigenvalue weighted by Crippen LogP contribution is 2.33. The van der Waals surface area contributed by atoms with Crippen molar-refractivity contribution in [3.63, 3.8) is 0 Å². The lowest BCUT2D eigenvalue weighted by Gasteiger charge is -2.19. The second-order valence-electron chi connectivity index (χ2n) is 6.57. The zero-order valence-corrected chi connectivity index (χ0v) is 16.1. The zero-order valence-electron chi connectivity index (χ0n) is 15.3. The number of carbonyl (C=O) groups is 1. The number of alkyl halides is 3. The number of nitrogens with one attached hydrogen (secondary N) is 2. The highest BCUT2D eigenvalue weighted by Gasteiger charge is 2.31. The predicted octanol–water partition coefficient (Wildman–Crippen LogP) is 6.76. The molecule has 0 aliphatic heterocycles. The maximum atomic E-state index is 12.8. The number of amides is 2. The minimum Gasteiger partial charge on any atom is -0.331 e. The number of anilines is 1. The molecule has 3 nitrogen and oxygen atoms in total. The SMILES string of the molecule is CCC(NC(=O)Nc1cc(C(F)(F)F)ccc1Cl)c1ccc(C(C)C)cc1. The summed E-state index contributed by atoms with van der Waals surface area (Å²) in [6.07, 6.45) is -3.88. The molecule has 2 aromatic carbocycles. The van der Waals surface area contributed by atoms with Crippen molar-refractivity contribution in [3.8, 4) is 0 Å². The molecule has 2 rings (SSSR count). The molecule has 1 unspecified atom stereocenters. The van der Waals surface area contributed by atoms with Crippen LogP contribution in [0, 0.1) is 0 Å². The van der Waals surface area contributed by atoms with Gasteiger partial charge in [-0.1, -0.05) is 56.6 Å². The van der Waals surface area contributed by atoms with Gasteiger partial charge in [-0.05, 0) is 41.7 Å². The van der Waals surface area contributed by atoms with Crippen molar-refractivity contribution >= 4 is 23.3 Å². The van der Waals surface area contributed by atoms with Gasteiger partial charge in [0.15, 0.2) is 0 Å².